The summed E-state index contributed by atoms with van der Waals surface area (Å²) in [5, 5.41) is 0. The van der Waals surface area contributed by atoms with E-state index < -0.39 is 0 Å². The van der Waals surface area contributed by atoms with Gasteiger partial charge in [-0.25, -0.2) is 0 Å². The summed E-state index contributed by atoms with van der Waals surface area (Å²) < 4.78 is 0. The van der Waals surface area contributed by atoms with Gasteiger partial charge in [-0.15, -0.1) is 0 Å². The van der Waals surface area contributed by atoms with Gasteiger partial charge >= 0.3 is 0 Å². The Hall–Kier alpha value is -2.86. The molecule has 0 fully saturated rings. The van der Waals surface area contributed by atoms with E-state index >= 15 is 0 Å². The quantitative estimate of drug-likeness (QED) is 0.478. The first-order chi connectivity index (χ1) is 12.4. The second-order valence-electron chi connectivity index (χ2n) is 7.17. The monoisotopic (exact) mass is 338 g/mol. The Morgan fingerprint density at radius 3 is 1.38 bits per heavy atom. The predicted molar refractivity (Wildman–Crippen MR) is 115 cm³/mol. The van der Waals surface area contributed by atoms with Gasteiger partial charge in [0, 0.05) is 0 Å². The molecule has 0 N–H and O–H groups in total. The summed E-state index contributed by atoms with van der Waals surface area (Å²) in [5.74, 6) is 0. The molecule has 0 aliphatic rings. The largest absolute Gasteiger partial charge is 0.0905 e. The van der Waals surface area contributed by atoms with Crippen LogP contribution in [0.25, 0.3) is 11.1 Å². The molecule has 0 bridgehead atoms. The topological polar surface area (TPSA) is 0 Å². The fraction of sp³-hybridized carbons (Fsp3) is 0.154. The summed E-state index contributed by atoms with van der Waals surface area (Å²) >= 11 is 0. The van der Waals surface area contributed by atoms with Crippen molar-refractivity contribution in [1.82, 2.24) is 0 Å². The molecule has 0 amide bonds. The first-order valence-corrected chi connectivity index (χ1v) is 9.00. The molecule has 0 heteroatoms. The van der Waals surface area contributed by atoms with Crippen LogP contribution in [0.4, 0.5) is 0 Å². The molecule has 3 aromatic carbocycles. The highest BCUT2D eigenvalue weighted by Gasteiger charge is 2.10. The zero-order valence-corrected chi connectivity index (χ0v) is 16.2. The molecular weight excluding hydrogens is 312 g/mol. The molecule has 0 aliphatic carbocycles. The van der Waals surface area contributed by atoms with E-state index in [2.05, 4.69) is 102 Å². The van der Waals surface area contributed by atoms with Crippen LogP contribution < -0.4 is 0 Å². The molecule has 130 valence electrons. The van der Waals surface area contributed by atoms with Crippen molar-refractivity contribution >= 4 is 11.1 Å². The number of benzene rings is 3. The SMILES string of the molecule is C=C(c1cccc(C(=C)c2ccc(C)cc2C)c1)c1ccc(C)cc1C. The van der Waals surface area contributed by atoms with Gasteiger partial charge in [0.25, 0.3) is 0 Å². The maximum absolute atomic E-state index is 4.36. The van der Waals surface area contributed by atoms with E-state index in [4.69, 9.17) is 0 Å². The van der Waals surface area contributed by atoms with Crippen molar-refractivity contribution in [1.29, 1.82) is 0 Å². The van der Waals surface area contributed by atoms with Crippen molar-refractivity contribution in [2.45, 2.75) is 27.7 Å². The number of aryl methyl sites for hydroxylation is 4. The normalized spacial score (nSPS) is 10.6. The molecule has 0 spiro atoms. The third-order valence-electron chi connectivity index (χ3n) is 4.97. The predicted octanol–water partition coefficient (Wildman–Crippen LogP) is 7.04. The van der Waals surface area contributed by atoms with Gasteiger partial charge in [0.1, 0.15) is 0 Å². The van der Waals surface area contributed by atoms with Crippen molar-refractivity contribution in [3.8, 4) is 0 Å². The number of hydrogen-bond acceptors (Lipinski definition) is 0. The van der Waals surface area contributed by atoms with E-state index in [1.165, 1.54) is 33.4 Å². The van der Waals surface area contributed by atoms with Crippen LogP contribution in [-0.2, 0) is 0 Å². The summed E-state index contributed by atoms with van der Waals surface area (Å²) in [4.78, 5) is 0. The Labute approximate surface area is 157 Å². The summed E-state index contributed by atoms with van der Waals surface area (Å²) in [6, 6.07) is 21.6. The minimum atomic E-state index is 1.05. The summed E-state index contributed by atoms with van der Waals surface area (Å²) in [6.45, 7) is 17.2. The van der Waals surface area contributed by atoms with E-state index in [0.717, 1.165) is 22.3 Å². The lowest BCUT2D eigenvalue weighted by atomic mass is 9.90. The van der Waals surface area contributed by atoms with Gasteiger partial charge in [-0.2, -0.15) is 0 Å². The van der Waals surface area contributed by atoms with Crippen LogP contribution >= 0.6 is 0 Å². The number of rotatable bonds is 4. The van der Waals surface area contributed by atoms with Crippen molar-refractivity contribution in [3.63, 3.8) is 0 Å². The van der Waals surface area contributed by atoms with Crippen LogP contribution in [0.15, 0.2) is 73.8 Å². The Morgan fingerprint density at radius 2 is 1.00 bits per heavy atom. The highest BCUT2D eigenvalue weighted by molar-refractivity contribution is 5.85. The van der Waals surface area contributed by atoms with E-state index in [-0.39, 0.29) is 0 Å². The fourth-order valence-corrected chi connectivity index (χ4v) is 3.51. The first kappa shape index (κ1) is 17.9. The molecule has 0 unspecified atom stereocenters. The van der Waals surface area contributed by atoms with Crippen LogP contribution in [0, 0.1) is 27.7 Å². The third-order valence-corrected chi connectivity index (χ3v) is 4.97. The van der Waals surface area contributed by atoms with E-state index in [9.17, 15) is 0 Å². The molecule has 3 rings (SSSR count). The maximum atomic E-state index is 4.36. The molecule has 0 atom stereocenters. The Balaban J connectivity index is 1.97. The van der Waals surface area contributed by atoms with Crippen molar-refractivity contribution < 1.29 is 0 Å². The first-order valence-electron chi connectivity index (χ1n) is 9.00. The van der Waals surface area contributed by atoms with Crippen LogP contribution in [0.5, 0.6) is 0 Å². The molecule has 3 aromatic rings. The van der Waals surface area contributed by atoms with Gasteiger partial charge in [0.2, 0.25) is 0 Å². The van der Waals surface area contributed by atoms with Gasteiger partial charge in [-0.3, -0.25) is 0 Å². The van der Waals surface area contributed by atoms with Crippen LogP contribution in [0.2, 0.25) is 0 Å². The standard InChI is InChI=1S/C26H26/c1-17-10-12-25(19(3)14-17)21(5)23-8-7-9-24(16-23)22(6)26-13-11-18(2)15-20(26)4/h7-16H,5-6H2,1-4H3. The molecule has 0 saturated carbocycles. The Morgan fingerprint density at radius 1 is 0.577 bits per heavy atom. The third kappa shape index (κ3) is 3.55. The zero-order chi connectivity index (χ0) is 18.8. The molecule has 26 heavy (non-hydrogen) atoms. The number of hydrogen-bond donors (Lipinski definition) is 0. The Bertz CT molecular complexity index is 924. The molecule has 0 nitrogen and oxygen atoms in total. The van der Waals surface area contributed by atoms with Gasteiger partial charge in [-0.05, 0) is 78.3 Å². The lowest BCUT2D eigenvalue weighted by Gasteiger charge is -2.14. The van der Waals surface area contributed by atoms with Crippen LogP contribution in [-0.4, -0.2) is 0 Å². The van der Waals surface area contributed by atoms with Crippen LogP contribution in [0.1, 0.15) is 44.5 Å². The smallest absolute Gasteiger partial charge is 0.0154 e. The van der Waals surface area contributed by atoms with Gasteiger partial charge in [0.05, 0.1) is 0 Å². The van der Waals surface area contributed by atoms with Gasteiger partial charge in [0.15, 0.2) is 0 Å². The molecule has 0 radical (unpaired) electrons. The van der Waals surface area contributed by atoms with Crippen molar-refractivity contribution in [2.75, 3.05) is 0 Å². The van der Waals surface area contributed by atoms with Gasteiger partial charge in [-0.1, -0.05) is 78.9 Å². The summed E-state index contributed by atoms with van der Waals surface area (Å²) in [6.07, 6.45) is 0. The molecule has 0 heterocycles. The van der Waals surface area contributed by atoms with Crippen molar-refractivity contribution in [3.05, 3.63) is 118 Å². The highest BCUT2D eigenvalue weighted by Crippen LogP contribution is 2.30. The average molecular weight is 338 g/mol. The van der Waals surface area contributed by atoms with Gasteiger partial charge < -0.3 is 0 Å². The molecular formula is C26H26. The lowest BCUT2D eigenvalue weighted by molar-refractivity contribution is 1.35. The summed E-state index contributed by atoms with van der Waals surface area (Å²) in [7, 11) is 0. The molecule has 0 saturated heterocycles. The minimum Gasteiger partial charge on any atom is -0.0905 e. The maximum Gasteiger partial charge on any atom is -0.0154 e. The fourth-order valence-electron chi connectivity index (χ4n) is 3.51. The van der Waals surface area contributed by atoms with E-state index in [0.29, 0.717) is 0 Å². The second kappa shape index (κ2) is 7.17. The average Bonchev–Trinajstić information content (AvgIpc) is 2.61. The summed E-state index contributed by atoms with van der Waals surface area (Å²) in [5.41, 5.74) is 11.8. The lowest BCUT2D eigenvalue weighted by Crippen LogP contribution is -1.94. The zero-order valence-electron chi connectivity index (χ0n) is 16.2. The van der Waals surface area contributed by atoms with E-state index in [1.54, 1.807) is 0 Å². The van der Waals surface area contributed by atoms with Crippen molar-refractivity contribution in [2.24, 2.45) is 0 Å². The second-order valence-corrected chi connectivity index (χ2v) is 7.17. The minimum absolute atomic E-state index is 1.05. The van der Waals surface area contributed by atoms with E-state index in [1.807, 2.05) is 0 Å². The molecule has 0 aliphatic heterocycles. The van der Waals surface area contributed by atoms with Crippen LogP contribution in [0.3, 0.4) is 0 Å². The highest BCUT2D eigenvalue weighted by atomic mass is 14.1. The Kier molecular flexibility index (Phi) is 4.95. The molecule has 0 aromatic heterocycles.